The van der Waals surface area contributed by atoms with Crippen LogP contribution in [0.2, 0.25) is 5.02 Å². The number of hydrogen-bond donors (Lipinski definition) is 0. The average molecular weight is 389 g/mol. The summed E-state index contributed by atoms with van der Waals surface area (Å²) in [5.74, 6) is 0.955. The topological polar surface area (TPSA) is 9.23 Å². The number of aryl methyl sites for hydroxylation is 1. The van der Waals surface area contributed by atoms with Gasteiger partial charge in [0.1, 0.15) is 5.75 Å². The number of hydrogen-bond acceptors (Lipinski definition) is 1. The molecular weight excluding hydrogens is 378 g/mol. The van der Waals surface area contributed by atoms with Gasteiger partial charge in [0.25, 0.3) is 0 Å². The van der Waals surface area contributed by atoms with Crippen LogP contribution in [-0.4, -0.2) is 11.9 Å². The zero-order valence-corrected chi connectivity index (χ0v) is 12.3. The molecule has 1 aromatic rings. The Morgan fingerprint density at radius 1 is 1.50 bits per heavy atom. The molecule has 0 radical (unpaired) electrons. The van der Waals surface area contributed by atoms with Crippen molar-refractivity contribution in [1.29, 1.82) is 0 Å². The fourth-order valence-corrected chi connectivity index (χ4v) is 2.70. The highest BCUT2D eigenvalue weighted by molar-refractivity contribution is 14.1. The molecule has 0 unspecified atom stereocenters. The first-order valence-corrected chi connectivity index (χ1v) is 6.87. The van der Waals surface area contributed by atoms with Gasteiger partial charge in [-0.05, 0) is 53.6 Å². The van der Waals surface area contributed by atoms with Gasteiger partial charge in [-0.25, -0.2) is 0 Å². The molecule has 0 atom stereocenters. The van der Waals surface area contributed by atoms with Crippen molar-refractivity contribution in [3.8, 4) is 5.75 Å². The van der Waals surface area contributed by atoms with E-state index < -0.39 is 0 Å². The lowest BCUT2D eigenvalue weighted by atomic mass is 10.2. The molecule has 78 valence electrons. The standard InChI is InChI=1S/C10H11BrClIO/c1-7-5-8(12)6-9(13)10(7)14-4-2-3-11/h5-6H,2-4H2,1H3. The molecule has 0 aliphatic carbocycles. The van der Waals surface area contributed by atoms with Gasteiger partial charge in [0.05, 0.1) is 10.2 Å². The van der Waals surface area contributed by atoms with E-state index in [0.29, 0.717) is 0 Å². The maximum atomic E-state index is 5.92. The van der Waals surface area contributed by atoms with E-state index in [9.17, 15) is 0 Å². The third kappa shape index (κ3) is 3.59. The highest BCUT2D eigenvalue weighted by atomic mass is 127. The van der Waals surface area contributed by atoms with Crippen LogP contribution in [0.1, 0.15) is 12.0 Å². The molecular formula is C10H11BrClIO. The number of benzene rings is 1. The molecule has 1 nitrogen and oxygen atoms in total. The molecule has 14 heavy (non-hydrogen) atoms. The summed E-state index contributed by atoms with van der Waals surface area (Å²) in [6.07, 6.45) is 1.01. The molecule has 0 spiro atoms. The predicted molar refractivity (Wildman–Crippen MR) is 72.8 cm³/mol. The molecule has 0 aliphatic rings. The Morgan fingerprint density at radius 2 is 2.21 bits per heavy atom. The fourth-order valence-electron chi connectivity index (χ4n) is 1.10. The number of alkyl halides is 1. The van der Waals surface area contributed by atoms with E-state index in [4.69, 9.17) is 16.3 Å². The van der Waals surface area contributed by atoms with Gasteiger partial charge < -0.3 is 4.74 Å². The number of ether oxygens (including phenoxy) is 1. The molecule has 0 bridgehead atoms. The van der Waals surface area contributed by atoms with Crippen molar-refractivity contribution in [2.45, 2.75) is 13.3 Å². The first-order valence-electron chi connectivity index (χ1n) is 4.29. The summed E-state index contributed by atoms with van der Waals surface area (Å²) in [4.78, 5) is 0. The van der Waals surface area contributed by atoms with Gasteiger partial charge >= 0.3 is 0 Å². The molecule has 0 amide bonds. The van der Waals surface area contributed by atoms with E-state index >= 15 is 0 Å². The van der Waals surface area contributed by atoms with Crippen LogP contribution in [0, 0.1) is 10.5 Å². The van der Waals surface area contributed by atoms with Crippen LogP contribution in [0.4, 0.5) is 0 Å². The zero-order chi connectivity index (χ0) is 10.6. The molecule has 0 saturated heterocycles. The Balaban J connectivity index is 2.75. The van der Waals surface area contributed by atoms with Crippen molar-refractivity contribution in [3.63, 3.8) is 0 Å². The molecule has 0 heterocycles. The van der Waals surface area contributed by atoms with Gasteiger partial charge in [0, 0.05) is 10.4 Å². The summed E-state index contributed by atoms with van der Waals surface area (Å²) in [7, 11) is 0. The summed E-state index contributed by atoms with van der Waals surface area (Å²) in [5.41, 5.74) is 1.09. The largest absolute Gasteiger partial charge is 0.492 e. The number of halogens is 3. The maximum Gasteiger partial charge on any atom is 0.135 e. The first-order chi connectivity index (χ1) is 6.65. The quantitative estimate of drug-likeness (QED) is 0.421. The Bertz CT molecular complexity index is 294. The molecule has 0 saturated carbocycles. The summed E-state index contributed by atoms with van der Waals surface area (Å²) in [5, 5.41) is 1.73. The van der Waals surface area contributed by atoms with Gasteiger partial charge in [0.2, 0.25) is 0 Å². The molecule has 0 aromatic heterocycles. The van der Waals surface area contributed by atoms with E-state index in [1.54, 1.807) is 0 Å². The SMILES string of the molecule is Cc1cc(Cl)cc(I)c1OCCCBr. The summed E-state index contributed by atoms with van der Waals surface area (Å²) in [6.45, 7) is 2.75. The van der Waals surface area contributed by atoms with Gasteiger partial charge in [-0.15, -0.1) is 0 Å². The van der Waals surface area contributed by atoms with E-state index in [-0.39, 0.29) is 0 Å². The Kier molecular flexibility index (Phi) is 5.56. The highest BCUT2D eigenvalue weighted by Crippen LogP contribution is 2.29. The second-order valence-corrected chi connectivity index (χ2v) is 5.32. The summed E-state index contributed by atoms with van der Waals surface area (Å²) in [6, 6.07) is 3.84. The second kappa shape index (κ2) is 6.18. The van der Waals surface area contributed by atoms with Crippen LogP contribution in [0.5, 0.6) is 5.75 Å². The van der Waals surface area contributed by atoms with E-state index in [0.717, 1.165) is 38.3 Å². The van der Waals surface area contributed by atoms with Crippen LogP contribution in [0.3, 0.4) is 0 Å². The van der Waals surface area contributed by atoms with E-state index in [1.165, 1.54) is 0 Å². The highest BCUT2D eigenvalue weighted by Gasteiger charge is 2.06. The van der Waals surface area contributed by atoms with Crippen LogP contribution < -0.4 is 4.74 Å². The van der Waals surface area contributed by atoms with Crippen molar-refractivity contribution >= 4 is 50.1 Å². The minimum atomic E-state index is 0.740. The lowest BCUT2D eigenvalue weighted by Gasteiger charge is -2.10. The van der Waals surface area contributed by atoms with Crippen molar-refractivity contribution in [3.05, 3.63) is 26.3 Å². The second-order valence-electron chi connectivity index (χ2n) is 2.92. The van der Waals surface area contributed by atoms with Gasteiger partial charge in [-0.1, -0.05) is 27.5 Å². The average Bonchev–Trinajstić information content (AvgIpc) is 2.09. The minimum Gasteiger partial charge on any atom is -0.492 e. The van der Waals surface area contributed by atoms with Crippen molar-refractivity contribution in [2.75, 3.05) is 11.9 Å². The van der Waals surface area contributed by atoms with Crippen LogP contribution >= 0.6 is 50.1 Å². The Labute approximate surface area is 111 Å². The van der Waals surface area contributed by atoms with Crippen molar-refractivity contribution in [2.24, 2.45) is 0 Å². The van der Waals surface area contributed by atoms with Crippen molar-refractivity contribution < 1.29 is 4.74 Å². The molecule has 1 rings (SSSR count). The molecule has 0 aliphatic heterocycles. The molecule has 0 fully saturated rings. The lowest BCUT2D eigenvalue weighted by molar-refractivity contribution is 0.315. The third-order valence-corrected chi connectivity index (χ3v) is 3.30. The predicted octanol–water partition coefficient (Wildman–Crippen LogP) is 4.42. The van der Waals surface area contributed by atoms with Crippen LogP contribution in [0.15, 0.2) is 12.1 Å². The first kappa shape index (κ1) is 12.6. The van der Waals surface area contributed by atoms with Gasteiger partial charge in [-0.2, -0.15) is 0 Å². The molecule has 1 aromatic carbocycles. The minimum absolute atomic E-state index is 0.740. The Morgan fingerprint density at radius 3 is 2.79 bits per heavy atom. The van der Waals surface area contributed by atoms with E-state index in [2.05, 4.69) is 38.5 Å². The van der Waals surface area contributed by atoms with Gasteiger partial charge in [0.15, 0.2) is 0 Å². The fraction of sp³-hybridized carbons (Fsp3) is 0.400. The smallest absolute Gasteiger partial charge is 0.135 e. The summed E-state index contributed by atoms with van der Waals surface area (Å²) < 4.78 is 6.74. The van der Waals surface area contributed by atoms with Crippen LogP contribution in [-0.2, 0) is 0 Å². The lowest BCUT2D eigenvalue weighted by Crippen LogP contribution is -2.01. The van der Waals surface area contributed by atoms with Gasteiger partial charge in [-0.3, -0.25) is 0 Å². The molecule has 0 N–H and O–H groups in total. The normalized spacial score (nSPS) is 10.3. The molecule has 4 heteroatoms. The monoisotopic (exact) mass is 388 g/mol. The summed E-state index contributed by atoms with van der Waals surface area (Å²) >= 11 is 11.5. The third-order valence-electron chi connectivity index (χ3n) is 1.72. The van der Waals surface area contributed by atoms with Crippen LogP contribution in [0.25, 0.3) is 0 Å². The Hall–Kier alpha value is 0.520. The maximum absolute atomic E-state index is 5.92. The zero-order valence-electron chi connectivity index (χ0n) is 7.82. The van der Waals surface area contributed by atoms with E-state index in [1.807, 2.05) is 19.1 Å². The van der Waals surface area contributed by atoms with Crippen molar-refractivity contribution in [1.82, 2.24) is 0 Å². The number of rotatable bonds is 4.